The van der Waals surface area contributed by atoms with Crippen molar-refractivity contribution in [1.29, 1.82) is 0 Å². The maximum Gasteiger partial charge on any atom is 0.252 e. The summed E-state index contributed by atoms with van der Waals surface area (Å²) in [5, 5.41) is 4.42. The molecule has 121 heavy (non-hydrogen) atoms. The number of anilines is 9. The number of rotatable bonds is 12. The second-order valence-electron chi connectivity index (χ2n) is 35.5. The molecule has 22 rings (SSSR count). The van der Waals surface area contributed by atoms with E-state index in [9.17, 15) is 11.0 Å². The molecule has 7 heteroatoms. The summed E-state index contributed by atoms with van der Waals surface area (Å²) in [6.45, 7) is 20.0. The van der Waals surface area contributed by atoms with Gasteiger partial charge in [-0.05, 0) is 234 Å². The summed E-state index contributed by atoms with van der Waals surface area (Å²) in [7, 11) is 0. The zero-order chi connectivity index (χ0) is 88.7. The number of benzene rings is 17. The SMILES string of the molecule is [2H]c1c([2H])c([2H])c2c(c1[2H])c1c([2H])c([2H])c([2H])c([2H])c1n2-c1ccc2c(c1)N(c1cc(-c3ccccc3)cc(-c3ccccc3)c1)c1cc(-n3c4ccc(C(C)(C)C)cc4c4cc(C(C)(C)C)ccc43)cc3c1B2c1ccc(-n2c4ccccc4c4cc(N(c5ccccc5)c5ccccc5)ccc42)cc1N3c1c(-c2ccccc2)cc(C(C)(C)C)cc1-c1ccccc1. The Morgan fingerprint density at radius 2 is 0.645 bits per heavy atom. The normalized spacial score (nSPS) is 13.7. The van der Waals surface area contributed by atoms with E-state index in [2.05, 4.69) is 408 Å². The number of hydrogen-bond acceptors (Lipinski definition) is 3. The minimum Gasteiger partial charge on any atom is -0.311 e. The highest BCUT2D eigenvalue weighted by atomic mass is 15.2. The van der Waals surface area contributed by atoms with Gasteiger partial charge < -0.3 is 28.4 Å². The highest BCUT2D eigenvalue weighted by Gasteiger charge is 2.46. The van der Waals surface area contributed by atoms with Gasteiger partial charge >= 0.3 is 0 Å². The monoisotopic (exact) mass is 1560 g/mol. The van der Waals surface area contributed by atoms with E-state index in [0.29, 0.717) is 5.69 Å². The molecule has 0 radical (unpaired) electrons. The minimum atomic E-state index is -0.581. The molecular formula is C114H91BN6. The fraction of sp³-hybridized carbons (Fsp3) is 0.105. The van der Waals surface area contributed by atoms with E-state index in [0.717, 1.165) is 167 Å². The molecule has 0 saturated heterocycles. The van der Waals surface area contributed by atoms with Gasteiger partial charge in [0.15, 0.2) is 0 Å². The van der Waals surface area contributed by atoms with Gasteiger partial charge in [-0.15, -0.1) is 0 Å². The van der Waals surface area contributed by atoms with E-state index < -0.39 is 43.0 Å². The van der Waals surface area contributed by atoms with Crippen LogP contribution in [0, 0.1) is 0 Å². The molecule has 580 valence electrons. The van der Waals surface area contributed by atoms with Gasteiger partial charge in [0.25, 0.3) is 6.71 Å². The number of para-hydroxylation sites is 5. The second-order valence-corrected chi connectivity index (χ2v) is 35.5. The van der Waals surface area contributed by atoms with Gasteiger partial charge in [-0.3, -0.25) is 0 Å². The minimum absolute atomic E-state index is 0.00176. The Kier molecular flexibility index (Phi) is 15.0. The van der Waals surface area contributed by atoms with Crippen LogP contribution in [0.5, 0.6) is 0 Å². The van der Waals surface area contributed by atoms with Crippen molar-refractivity contribution in [3.05, 3.63) is 405 Å². The molecule has 0 unspecified atom stereocenters. The summed E-state index contributed by atoms with van der Waals surface area (Å²) in [5.41, 5.74) is 28.5. The lowest BCUT2D eigenvalue weighted by Gasteiger charge is -2.45. The highest BCUT2D eigenvalue weighted by Crippen LogP contribution is 2.55. The summed E-state index contributed by atoms with van der Waals surface area (Å²) in [6, 6.07) is 120. The van der Waals surface area contributed by atoms with Gasteiger partial charge in [0, 0.05) is 100 Å². The van der Waals surface area contributed by atoms with Crippen LogP contribution < -0.4 is 31.1 Å². The lowest BCUT2D eigenvalue weighted by Crippen LogP contribution is -2.61. The second kappa shape index (κ2) is 28.2. The Balaban J connectivity index is 0.931. The molecule has 6 nitrogen and oxygen atoms in total. The first kappa shape index (κ1) is 64.7. The number of aromatic nitrogens is 3. The van der Waals surface area contributed by atoms with E-state index in [1.165, 1.54) is 16.7 Å². The standard InChI is InChI=1S/C114H91BN6/c1-112(2,3)80-52-59-103-95(65-80)96-66-81(113(4,5)6)53-60-104(96)119(103)89-72-108-110-109(73-89)121(111-93(76-38-20-12-21-39-76)67-82(114(7,8)9)68-94(111)77-40-22-13-23-41-77)107-71-87(118-102-51-33-30-48-92(102)97-69-85(56-61-105(97)118)116(83-42-24-14-25-43-83)84-44-26-15-27-45-84)55-58-99(107)115(110)98-57-54-86(117-100-49-31-28-46-90(100)91-47-29-32-50-101(91)117)70-106(98)120(108)88-63-78(74-34-16-10-17-35-74)62-79(64-88)75-36-18-11-19-37-75/h10-73H,1-9H3/i28D,29D,31D,32D,46D,47D,49D,50D. The fourth-order valence-electron chi connectivity index (χ4n) is 19.1. The van der Waals surface area contributed by atoms with Gasteiger partial charge in [-0.25, -0.2) is 0 Å². The topological polar surface area (TPSA) is 24.5 Å². The molecule has 17 aromatic carbocycles. The molecule has 2 aliphatic rings. The molecule has 5 heterocycles. The third-order valence-electron chi connectivity index (χ3n) is 25.0. The van der Waals surface area contributed by atoms with Crippen molar-refractivity contribution < 1.29 is 11.0 Å². The van der Waals surface area contributed by atoms with Gasteiger partial charge in [-0.2, -0.15) is 0 Å². The Morgan fingerprint density at radius 3 is 1.13 bits per heavy atom. The molecule has 0 spiro atoms. The van der Waals surface area contributed by atoms with Gasteiger partial charge in [-0.1, -0.05) is 299 Å². The number of hydrogen-bond donors (Lipinski definition) is 0. The maximum absolute atomic E-state index is 10.0. The summed E-state index contributed by atoms with van der Waals surface area (Å²) < 4.78 is 83.3. The fourth-order valence-corrected chi connectivity index (χ4v) is 19.1. The van der Waals surface area contributed by atoms with Crippen LogP contribution in [0.2, 0.25) is 0 Å². The van der Waals surface area contributed by atoms with Crippen molar-refractivity contribution >= 4 is 140 Å². The van der Waals surface area contributed by atoms with E-state index in [4.69, 9.17) is 0 Å². The largest absolute Gasteiger partial charge is 0.311 e. The van der Waals surface area contributed by atoms with Crippen LogP contribution in [0.1, 0.15) is 90.0 Å². The summed E-state index contributed by atoms with van der Waals surface area (Å²) in [6.07, 6.45) is 0. The van der Waals surface area contributed by atoms with Crippen molar-refractivity contribution in [2.45, 2.75) is 78.6 Å². The first-order valence-electron chi connectivity index (χ1n) is 45.9. The molecule has 0 fully saturated rings. The first-order chi connectivity index (χ1) is 62.2. The summed E-state index contributed by atoms with van der Waals surface area (Å²) >= 11 is 0. The molecule has 20 aromatic rings. The number of fused-ring (bicyclic) bond motifs is 13. The molecule has 0 saturated carbocycles. The smallest absolute Gasteiger partial charge is 0.252 e. The molecular weight excluding hydrogens is 1460 g/mol. The van der Waals surface area contributed by atoms with E-state index in [-0.39, 0.29) is 50.1 Å². The van der Waals surface area contributed by atoms with E-state index >= 15 is 0 Å². The third kappa shape index (κ3) is 12.1. The van der Waals surface area contributed by atoms with Crippen LogP contribution in [0.3, 0.4) is 0 Å². The Labute approximate surface area is 719 Å². The van der Waals surface area contributed by atoms with Crippen LogP contribution in [0.4, 0.5) is 51.2 Å². The van der Waals surface area contributed by atoms with Gasteiger partial charge in [0.05, 0.1) is 55.4 Å². The van der Waals surface area contributed by atoms with Crippen molar-refractivity contribution in [3.63, 3.8) is 0 Å². The Bertz CT molecular complexity index is 7720. The van der Waals surface area contributed by atoms with Gasteiger partial charge in [0.1, 0.15) is 0 Å². The van der Waals surface area contributed by atoms with Gasteiger partial charge in [0.2, 0.25) is 0 Å². The Hall–Kier alpha value is -14.4. The molecule has 2 aliphatic heterocycles. The zero-order valence-corrected chi connectivity index (χ0v) is 69.1. The lowest BCUT2D eigenvalue weighted by molar-refractivity contribution is 0.590. The molecule has 3 aromatic heterocycles. The molecule has 0 bridgehead atoms. The van der Waals surface area contributed by atoms with Crippen LogP contribution in [-0.4, -0.2) is 20.4 Å². The molecule has 0 aliphatic carbocycles. The Morgan fingerprint density at radius 1 is 0.256 bits per heavy atom. The summed E-state index contributed by atoms with van der Waals surface area (Å²) in [4.78, 5) is 7.36. The number of nitrogens with zero attached hydrogens (tertiary/aromatic N) is 6. The predicted octanol–water partition coefficient (Wildman–Crippen LogP) is 29.1. The van der Waals surface area contributed by atoms with Crippen LogP contribution in [-0.2, 0) is 16.2 Å². The molecule has 0 N–H and O–H groups in total. The maximum atomic E-state index is 10.0. The average Bonchev–Trinajstić information content (AvgIpc) is 1.61. The highest BCUT2D eigenvalue weighted by molar-refractivity contribution is 7.00. The first-order valence-corrected chi connectivity index (χ1v) is 41.9. The lowest BCUT2D eigenvalue weighted by atomic mass is 9.33. The van der Waals surface area contributed by atoms with Crippen molar-refractivity contribution in [2.75, 3.05) is 14.7 Å². The van der Waals surface area contributed by atoms with E-state index in [1.54, 1.807) is 4.57 Å². The summed E-state index contributed by atoms with van der Waals surface area (Å²) in [5.74, 6) is 0. The van der Waals surface area contributed by atoms with Crippen molar-refractivity contribution in [1.82, 2.24) is 13.7 Å². The van der Waals surface area contributed by atoms with Crippen LogP contribution >= 0.6 is 0 Å². The van der Waals surface area contributed by atoms with E-state index in [1.807, 2.05) is 18.2 Å². The van der Waals surface area contributed by atoms with Crippen molar-refractivity contribution in [2.24, 2.45) is 0 Å². The average molecular weight is 1560 g/mol. The zero-order valence-electron chi connectivity index (χ0n) is 77.1. The van der Waals surface area contributed by atoms with Crippen LogP contribution in [0.25, 0.3) is 127 Å². The predicted molar refractivity (Wildman–Crippen MR) is 516 cm³/mol. The third-order valence-corrected chi connectivity index (χ3v) is 25.0. The van der Waals surface area contributed by atoms with Crippen LogP contribution in [0.15, 0.2) is 388 Å². The quantitative estimate of drug-likeness (QED) is 0.114. The molecule has 0 amide bonds. The molecule has 0 atom stereocenters. The van der Waals surface area contributed by atoms with Crippen molar-refractivity contribution in [3.8, 4) is 61.6 Å².